The number of rotatable bonds is 2. The van der Waals surface area contributed by atoms with E-state index in [9.17, 15) is 10.2 Å². The molecule has 0 fully saturated rings. The monoisotopic (exact) mass is 286 g/mol. The van der Waals surface area contributed by atoms with Gasteiger partial charge in [-0.15, -0.1) is 0 Å². The van der Waals surface area contributed by atoms with Crippen molar-refractivity contribution in [1.29, 1.82) is 0 Å². The number of hydrogen-bond donors (Lipinski definition) is 2. The Balaban J connectivity index is 1.96. The number of methoxy groups -OCH3 is 1. The van der Waals surface area contributed by atoms with E-state index in [1.807, 2.05) is 25.1 Å². The van der Waals surface area contributed by atoms with Gasteiger partial charge < -0.3 is 19.7 Å². The lowest BCUT2D eigenvalue weighted by molar-refractivity contribution is 0.0205. The van der Waals surface area contributed by atoms with Crippen LogP contribution in [0.1, 0.15) is 22.8 Å². The quantitative estimate of drug-likeness (QED) is 0.891. The van der Waals surface area contributed by atoms with E-state index in [-0.39, 0.29) is 5.75 Å². The highest BCUT2D eigenvalue weighted by molar-refractivity contribution is 5.44. The van der Waals surface area contributed by atoms with Gasteiger partial charge in [0.15, 0.2) is 0 Å². The average molecular weight is 286 g/mol. The molecule has 1 aliphatic rings. The fourth-order valence-electron chi connectivity index (χ4n) is 2.67. The van der Waals surface area contributed by atoms with Crippen molar-refractivity contribution >= 4 is 0 Å². The van der Waals surface area contributed by atoms with Gasteiger partial charge in [-0.3, -0.25) is 0 Å². The van der Waals surface area contributed by atoms with E-state index in [4.69, 9.17) is 9.47 Å². The summed E-state index contributed by atoms with van der Waals surface area (Å²) in [5.74, 6) is 1.54. The molecule has 2 atom stereocenters. The molecule has 1 aliphatic heterocycles. The number of aliphatic hydroxyl groups excluding tert-OH is 1. The fourth-order valence-corrected chi connectivity index (χ4v) is 2.67. The van der Waals surface area contributed by atoms with Gasteiger partial charge >= 0.3 is 0 Å². The van der Waals surface area contributed by atoms with E-state index in [1.165, 1.54) is 0 Å². The molecule has 0 amide bonds. The van der Waals surface area contributed by atoms with Gasteiger partial charge in [-0.1, -0.05) is 18.2 Å². The summed E-state index contributed by atoms with van der Waals surface area (Å²) >= 11 is 0. The van der Waals surface area contributed by atoms with Gasteiger partial charge in [0.25, 0.3) is 0 Å². The standard InChI is InChI=1S/C17H18O4/c1-10-3-4-12(8-15(10)20-2)17-14(19)7-11-5-6-13(18)9-16(11)21-17/h3-6,8-9,14,17-19H,7H2,1-2H3. The van der Waals surface area contributed by atoms with E-state index in [0.717, 1.165) is 22.4 Å². The van der Waals surface area contributed by atoms with E-state index in [2.05, 4.69) is 0 Å². The van der Waals surface area contributed by atoms with Crippen molar-refractivity contribution in [1.82, 2.24) is 0 Å². The molecule has 0 saturated carbocycles. The summed E-state index contributed by atoms with van der Waals surface area (Å²) < 4.78 is 11.2. The third-order valence-electron chi connectivity index (χ3n) is 3.84. The highest BCUT2D eigenvalue weighted by atomic mass is 16.5. The van der Waals surface area contributed by atoms with Crippen molar-refractivity contribution in [2.24, 2.45) is 0 Å². The molecular weight excluding hydrogens is 268 g/mol. The highest BCUT2D eigenvalue weighted by Crippen LogP contribution is 2.38. The lowest BCUT2D eigenvalue weighted by Gasteiger charge is -2.31. The molecule has 2 aromatic carbocycles. The molecule has 0 spiro atoms. The third-order valence-corrected chi connectivity index (χ3v) is 3.84. The lowest BCUT2D eigenvalue weighted by atomic mass is 9.94. The van der Waals surface area contributed by atoms with Crippen molar-refractivity contribution < 1.29 is 19.7 Å². The number of aliphatic hydroxyl groups is 1. The second kappa shape index (κ2) is 5.30. The van der Waals surface area contributed by atoms with E-state index >= 15 is 0 Å². The first kappa shape index (κ1) is 13.8. The highest BCUT2D eigenvalue weighted by Gasteiger charge is 2.30. The summed E-state index contributed by atoms with van der Waals surface area (Å²) in [7, 11) is 1.62. The van der Waals surface area contributed by atoms with E-state index in [1.54, 1.807) is 25.3 Å². The smallest absolute Gasteiger partial charge is 0.150 e. The van der Waals surface area contributed by atoms with Crippen LogP contribution < -0.4 is 9.47 Å². The van der Waals surface area contributed by atoms with Crippen LogP contribution >= 0.6 is 0 Å². The Kier molecular flexibility index (Phi) is 3.47. The maximum absolute atomic E-state index is 10.3. The average Bonchev–Trinajstić information content (AvgIpc) is 2.48. The Morgan fingerprint density at radius 2 is 2.00 bits per heavy atom. The van der Waals surface area contributed by atoms with Crippen LogP contribution in [0, 0.1) is 6.92 Å². The van der Waals surface area contributed by atoms with Crippen LogP contribution in [0.4, 0.5) is 0 Å². The first-order valence-electron chi connectivity index (χ1n) is 6.89. The molecule has 0 bridgehead atoms. The second-order valence-electron chi connectivity index (χ2n) is 5.33. The molecule has 0 radical (unpaired) electrons. The topological polar surface area (TPSA) is 58.9 Å². The number of fused-ring (bicyclic) bond motifs is 1. The van der Waals surface area contributed by atoms with Crippen LogP contribution in [0.25, 0.3) is 0 Å². The summed E-state index contributed by atoms with van der Waals surface area (Å²) in [6.45, 7) is 1.97. The summed E-state index contributed by atoms with van der Waals surface area (Å²) in [6.07, 6.45) is -0.598. The molecule has 2 aromatic rings. The zero-order valence-electron chi connectivity index (χ0n) is 12.0. The number of phenols is 1. The minimum Gasteiger partial charge on any atom is -0.508 e. The summed E-state index contributed by atoms with van der Waals surface area (Å²) in [6, 6.07) is 10.7. The number of aryl methyl sites for hydroxylation is 1. The van der Waals surface area contributed by atoms with Crippen molar-refractivity contribution in [3.8, 4) is 17.2 Å². The molecule has 0 saturated heterocycles. The van der Waals surface area contributed by atoms with Gasteiger partial charge in [-0.05, 0) is 35.7 Å². The SMILES string of the molecule is COc1cc(C2Oc3cc(O)ccc3CC2O)ccc1C. The molecule has 1 heterocycles. The first-order valence-corrected chi connectivity index (χ1v) is 6.89. The van der Waals surface area contributed by atoms with Gasteiger partial charge in [0.2, 0.25) is 0 Å². The van der Waals surface area contributed by atoms with Crippen molar-refractivity contribution in [3.63, 3.8) is 0 Å². The summed E-state index contributed by atoms with van der Waals surface area (Å²) in [5.41, 5.74) is 2.79. The molecular formula is C17H18O4. The molecule has 3 rings (SSSR count). The maximum atomic E-state index is 10.3. The van der Waals surface area contributed by atoms with Crippen molar-refractivity contribution in [2.75, 3.05) is 7.11 Å². The Labute approximate surface area is 123 Å². The van der Waals surface area contributed by atoms with E-state index in [0.29, 0.717) is 12.2 Å². The number of phenolic OH excluding ortho intramolecular Hbond substituents is 1. The largest absolute Gasteiger partial charge is 0.508 e. The van der Waals surface area contributed by atoms with Crippen LogP contribution in [0.5, 0.6) is 17.2 Å². The van der Waals surface area contributed by atoms with Gasteiger partial charge in [0.1, 0.15) is 23.4 Å². The normalized spacial score (nSPS) is 20.5. The van der Waals surface area contributed by atoms with Gasteiger partial charge in [0, 0.05) is 12.5 Å². The molecule has 4 nitrogen and oxygen atoms in total. The molecule has 2 N–H and O–H groups in total. The Hall–Kier alpha value is -2.20. The van der Waals surface area contributed by atoms with Gasteiger partial charge in [-0.25, -0.2) is 0 Å². The first-order chi connectivity index (χ1) is 10.1. The molecule has 0 aromatic heterocycles. The van der Waals surface area contributed by atoms with Crippen LogP contribution in [0.3, 0.4) is 0 Å². The Morgan fingerprint density at radius 1 is 1.19 bits per heavy atom. The fraction of sp³-hybridized carbons (Fsp3) is 0.294. The molecule has 110 valence electrons. The van der Waals surface area contributed by atoms with E-state index < -0.39 is 12.2 Å². The predicted octanol–water partition coefficient (Wildman–Crippen LogP) is 2.75. The Bertz CT molecular complexity index is 666. The van der Waals surface area contributed by atoms with Gasteiger partial charge in [-0.2, -0.15) is 0 Å². The zero-order chi connectivity index (χ0) is 15.0. The predicted molar refractivity (Wildman–Crippen MR) is 78.9 cm³/mol. The Morgan fingerprint density at radius 3 is 2.76 bits per heavy atom. The molecule has 21 heavy (non-hydrogen) atoms. The third kappa shape index (κ3) is 2.54. The van der Waals surface area contributed by atoms with Crippen LogP contribution in [0.15, 0.2) is 36.4 Å². The van der Waals surface area contributed by atoms with Crippen LogP contribution in [0.2, 0.25) is 0 Å². The van der Waals surface area contributed by atoms with Crippen molar-refractivity contribution in [3.05, 3.63) is 53.1 Å². The minimum absolute atomic E-state index is 0.158. The second-order valence-corrected chi connectivity index (χ2v) is 5.33. The minimum atomic E-state index is -0.630. The molecule has 2 unspecified atom stereocenters. The zero-order valence-corrected chi connectivity index (χ0v) is 12.0. The number of ether oxygens (including phenoxy) is 2. The molecule has 0 aliphatic carbocycles. The lowest BCUT2D eigenvalue weighted by Crippen LogP contribution is -2.30. The van der Waals surface area contributed by atoms with Crippen molar-refractivity contribution in [2.45, 2.75) is 25.6 Å². The van der Waals surface area contributed by atoms with Crippen LogP contribution in [-0.4, -0.2) is 23.4 Å². The van der Waals surface area contributed by atoms with Gasteiger partial charge in [0.05, 0.1) is 13.2 Å². The summed E-state index contributed by atoms with van der Waals surface area (Å²) in [5, 5.41) is 19.9. The summed E-state index contributed by atoms with van der Waals surface area (Å²) in [4.78, 5) is 0. The number of aromatic hydroxyl groups is 1. The number of benzene rings is 2. The maximum Gasteiger partial charge on any atom is 0.150 e. The molecule has 4 heteroatoms. The van der Waals surface area contributed by atoms with Crippen LogP contribution in [-0.2, 0) is 6.42 Å². The number of hydrogen-bond acceptors (Lipinski definition) is 4.